The Balaban J connectivity index is 2.18. The molecule has 0 fully saturated rings. The summed E-state index contributed by atoms with van der Waals surface area (Å²) in [5, 5.41) is 2.77. The van der Waals surface area contributed by atoms with Crippen LogP contribution in [0, 0.1) is 0 Å². The lowest BCUT2D eigenvalue weighted by Crippen LogP contribution is -2.14. The van der Waals surface area contributed by atoms with E-state index in [0.29, 0.717) is 11.3 Å². The molecule has 1 heterocycles. The van der Waals surface area contributed by atoms with Crippen molar-refractivity contribution in [3.8, 4) is 5.75 Å². The first-order valence-corrected chi connectivity index (χ1v) is 6.97. The minimum atomic E-state index is -0.360. The van der Waals surface area contributed by atoms with Crippen LogP contribution in [0.15, 0.2) is 30.6 Å². The van der Waals surface area contributed by atoms with Gasteiger partial charge in [0.05, 0.1) is 6.10 Å². The molecule has 1 aromatic heterocycles. The van der Waals surface area contributed by atoms with E-state index in [9.17, 15) is 4.79 Å². The number of anilines is 1. The molecule has 0 spiro atoms. The zero-order valence-electron chi connectivity index (χ0n) is 11.4. The predicted octanol–water partition coefficient (Wildman–Crippen LogP) is 3.82. The van der Waals surface area contributed by atoms with E-state index in [0.717, 1.165) is 0 Å². The van der Waals surface area contributed by atoms with Gasteiger partial charge in [-0.3, -0.25) is 4.79 Å². The summed E-state index contributed by atoms with van der Waals surface area (Å²) in [5.74, 6) is 0.419. The summed E-state index contributed by atoms with van der Waals surface area (Å²) >= 11 is 11.7. The summed E-state index contributed by atoms with van der Waals surface area (Å²) < 4.78 is 5.55. The highest BCUT2D eigenvalue weighted by Gasteiger charge is 2.13. The molecule has 0 saturated heterocycles. The van der Waals surface area contributed by atoms with Crippen molar-refractivity contribution in [3.63, 3.8) is 0 Å². The van der Waals surface area contributed by atoms with E-state index in [2.05, 4.69) is 15.3 Å². The molecular weight excluding hydrogens is 313 g/mol. The first-order chi connectivity index (χ1) is 9.97. The lowest BCUT2D eigenvalue weighted by atomic mass is 10.2. The van der Waals surface area contributed by atoms with Crippen LogP contribution in [0.4, 0.5) is 5.82 Å². The van der Waals surface area contributed by atoms with Gasteiger partial charge in [0.2, 0.25) is 0 Å². The molecule has 21 heavy (non-hydrogen) atoms. The Morgan fingerprint density at radius 3 is 2.76 bits per heavy atom. The molecule has 0 unspecified atom stereocenters. The van der Waals surface area contributed by atoms with Crippen LogP contribution in [0.25, 0.3) is 0 Å². The Labute approximate surface area is 132 Å². The van der Waals surface area contributed by atoms with Gasteiger partial charge in [-0.25, -0.2) is 9.97 Å². The molecule has 1 N–H and O–H groups in total. The fourth-order valence-electron chi connectivity index (χ4n) is 1.60. The van der Waals surface area contributed by atoms with Crippen molar-refractivity contribution in [1.29, 1.82) is 0 Å². The number of halogens is 2. The average molecular weight is 326 g/mol. The van der Waals surface area contributed by atoms with Crippen LogP contribution in [-0.4, -0.2) is 22.0 Å². The molecule has 2 aromatic rings. The summed E-state index contributed by atoms with van der Waals surface area (Å²) in [6, 6.07) is 6.83. The Bertz CT molecular complexity index is 662. The van der Waals surface area contributed by atoms with E-state index in [4.69, 9.17) is 27.9 Å². The van der Waals surface area contributed by atoms with Crippen LogP contribution in [0.3, 0.4) is 0 Å². The summed E-state index contributed by atoms with van der Waals surface area (Å²) in [6.45, 7) is 3.82. The number of benzene rings is 1. The van der Waals surface area contributed by atoms with Crippen LogP contribution >= 0.6 is 23.2 Å². The van der Waals surface area contributed by atoms with E-state index in [1.807, 2.05) is 13.8 Å². The number of rotatable bonds is 4. The molecule has 110 valence electrons. The standard InChI is InChI=1S/C14H13Cl2N3O2/c1-8(2)21-10-5-3-4-9(6-10)14(20)19-13-11(15)12(16)17-7-18-13/h3-8H,1-2H3,(H,17,18,19,20). The number of aromatic nitrogens is 2. The first-order valence-electron chi connectivity index (χ1n) is 6.21. The quantitative estimate of drug-likeness (QED) is 0.868. The largest absolute Gasteiger partial charge is 0.491 e. The zero-order valence-corrected chi connectivity index (χ0v) is 12.9. The molecule has 0 radical (unpaired) electrons. The SMILES string of the molecule is CC(C)Oc1cccc(C(=O)Nc2ncnc(Cl)c2Cl)c1. The number of hydrogen-bond acceptors (Lipinski definition) is 4. The molecule has 0 aliphatic rings. The molecular formula is C14H13Cl2N3O2. The van der Waals surface area contributed by atoms with E-state index in [1.165, 1.54) is 6.33 Å². The van der Waals surface area contributed by atoms with Crippen LogP contribution in [0.5, 0.6) is 5.75 Å². The number of nitrogens with one attached hydrogen (secondary N) is 1. The Morgan fingerprint density at radius 2 is 2.05 bits per heavy atom. The van der Waals surface area contributed by atoms with Gasteiger partial charge in [0.1, 0.15) is 17.1 Å². The van der Waals surface area contributed by atoms with Gasteiger partial charge in [0.25, 0.3) is 5.91 Å². The van der Waals surface area contributed by atoms with Gasteiger partial charge in [-0.05, 0) is 32.0 Å². The average Bonchev–Trinajstić information content (AvgIpc) is 2.43. The maximum atomic E-state index is 12.2. The van der Waals surface area contributed by atoms with Crippen molar-refractivity contribution >= 4 is 34.9 Å². The molecule has 0 aliphatic carbocycles. The number of amides is 1. The third-order valence-electron chi connectivity index (χ3n) is 2.45. The van der Waals surface area contributed by atoms with E-state index in [1.54, 1.807) is 24.3 Å². The third-order valence-corrected chi connectivity index (χ3v) is 3.19. The lowest BCUT2D eigenvalue weighted by Gasteiger charge is -2.11. The molecule has 0 aliphatic heterocycles. The second-order valence-corrected chi connectivity index (χ2v) is 5.21. The minimum Gasteiger partial charge on any atom is -0.491 e. The van der Waals surface area contributed by atoms with Crippen LogP contribution in [0.2, 0.25) is 10.2 Å². The van der Waals surface area contributed by atoms with Gasteiger partial charge in [-0.1, -0.05) is 29.3 Å². The van der Waals surface area contributed by atoms with Crippen molar-refractivity contribution in [3.05, 3.63) is 46.3 Å². The van der Waals surface area contributed by atoms with Crippen molar-refractivity contribution in [1.82, 2.24) is 9.97 Å². The van der Waals surface area contributed by atoms with Gasteiger partial charge in [-0.15, -0.1) is 0 Å². The van der Waals surface area contributed by atoms with Crippen molar-refractivity contribution in [2.24, 2.45) is 0 Å². The highest BCUT2D eigenvalue weighted by atomic mass is 35.5. The van der Waals surface area contributed by atoms with Crippen molar-refractivity contribution in [2.45, 2.75) is 20.0 Å². The van der Waals surface area contributed by atoms with Gasteiger partial charge in [0.15, 0.2) is 11.0 Å². The summed E-state index contributed by atoms with van der Waals surface area (Å²) in [5.41, 5.74) is 0.430. The predicted molar refractivity (Wildman–Crippen MR) is 82.2 cm³/mol. The highest BCUT2D eigenvalue weighted by molar-refractivity contribution is 6.43. The number of carbonyl (C=O) groups excluding carboxylic acids is 1. The number of ether oxygens (including phenoxy) is 1. The van der Waals surface area contributed by atoms with Crippen molar-refractivity contribution < 1.29 is 9.53 Å². The van der Waals surface area contributed by atoms with Crippen LogP contribution in [0.1, 0.15) is 24.2 Å². The van der Waals surface area contributed by atoms with E-state index < -0.39 is 0 Å². The second-order valence-electron chi connectivity index (χ2n) is 4.48. The van der Waals surface area contributed by atoms with Gasteiger partial charge in [0, 0.05) is 5.56 Å². The van der Waals surface area contributed by atoms with Gasteiger partial charge in [-0.2, -0.15) is 0 Å². The molecule has 0 atom stereocenters. The Kier molecular flexibility index (Phi) is 4.98. The highest BCUT2D eigenvalue weighted by Crippen LogP contribution is 2.26. The monoisotopic (exact) mass is 325 g/mol. The third kappa shape index (κ3) is 4.06. The van der Waals surface area contributed by atoms with Crippen LogP contribution in [-0.2, 0) is 0 Å². The van der Waals surface area contributed by atoms with Gasteiger partial charge < -0.3 is 10.1 Å². The zero-order chi connectivity index (χ0) is 15.4. The van der Waals surface area contributed by atoms with E-state index in [-0.39, 0.29) is 28.0 Å². The summed E-state index contributed by atoms with van der Waals surface area (Å²) in [7, 11) is 0. The van der Waals surface area contributed by atoms with E-state index >= 15 is 0 Å². The maximum absolute atomic E-state index is 12.2. The molecule has 1 aromatic carbocycles. The molecule has 1 amide bonds. The van der Waals surface area contributed by atoms with Crippen LogP contribution < -0.4 is 10.1 Å². The maximum Gasteiger partial charge on any atom is 0.256 e. The summed E-state index contributed by atoms with van der Waals surface area (Å²) in [4.78, 5) is 19.8. The van der Waals surface area contributed by atoms with Gasteiger partial charge >= 0.3 is 0 Å². The van der Waals surface area contributed by atoms with Crippen molar-refractivity contribution in [2.75, 3.05) is 5.32 Å². The smallest absolute Gasteiger partial charge is 0.256 e. The number of carbonyl (C=O) groups is 1. The second kappa shape index (κ2) is 6.74. The molecule has 2 rings (SSSR count). The molecule has 5 nitrogen and oxygen atoms in total. The Hall–Kier alpha value is -1.85. The summed E-state index contributed by atoms with van der Waals surface area (Å²) in [6.07, 6.45) is 1.25. The minimum absolute atomic E-state index is 0.0263. The lowest BCUT2D eigenvalue weighted by molar-refractivity contribution is 0.102. The fourth-order valence-corrected chi connectivity index (χ4v) is 1.88. The topological polar surface area (TPSA) is 64.1 Å². The Morgan fingerprint density at radius 1 is 1.29 bits per heavy atom. The molecule has 7 heteroatoms. The first kappa shape index (κ1) is 15.5. The molecule has 0 bridgehead atoms. The number of nitrogens with zero attached hydrogens (tertiary/aromatic N) is 2. The normalized spacial score (nSPS) is 10.5. The fraction of sp³-hybridized carbons (Fsp3) is 0.214. The number of hydrogen-bond donors (Lipinski definition) is 1. The molecule has 0 saturated carbocycles.